The minimum absolute atomic E-state index is 0.192. The minimum Gasteiger partial charge on any atom is -0.341 e. The van der Waals surface area contributed by atoms with Gasteiger partial charge < -0.3 is 10.2 Å². The Kier molecular flexibility index (Phi) is 6.36. The van der Waals surface area contributed by atoms with Gasteiger partial charge in [-0.2, -0.15) is 0 Å². The van der Waals surface area contributed by atoms with E-state index in [9.17, 15) is 4.79 Å². The van der Waals surface area contributed by atoms with Gasteiger partial charge in [-0.3, -0.25) is 9.78 Å². The summed E-state index contributed by atoms with van der Waals surface area (Å²) in [6.07, 6.45) is 4.99. The molecule has 0 aliphatic rings. The highest BCUT2D eigenvalue weighted by Gasteiger charge is 2.08. The van der Waals surface area contributed by atoms with Crippen molar-refractivity contribution in [3.8, 4) is 0 Å². The van der Waals surface area contributed by atoms with Crippen LogP contribution in [-0.2, 0) is 11.3 Å². The fraction of sp³-hybridized carbons (Fsp3) is 0.571. The molecule has 1 N–H and O–H groups in total. The third-order valence-corrected chi connectivity index (χ3v) is 2.71. The second-order valence-electron chi connectivity index (χ2n) is 4.82. The molecule has 0 aliphatic carbocycles. The number of amides is 1. The molecule has 0 fully saturated rings. The van der Waals surface area contributed by atoms with Crippen LogP contribution in [0.3, 0.4) is 0 Å². The molecule has 0 radical (unpaired) electrons. The predicted molar refractivity (Wildman–Crippen MR) is 73.1 cm³/mol. The van der Waals surface area contributed by atoms with Crippen LogP contribution in [0.1, 0.15) is 32.3 Å². The Morgan fingerprint density at radius 2 is 2.06 bits per heavy atom. The molecule has 4 nitrogen and oxygen atoms in total. The van der Waals surface area contributed by atoms with Gasteiger partial charge in [-0.05, 0) is 30.7 Å². The van der Waals surface area contributed by atoms with E-state index in [2.05, 4.69) is 24.1 Å². The highest BCUT2D eigenvalue weighted by molar-refractivity contribution is 5.75. The van der Waals surface area contributed by atoms with Crippen LogP contribution in [0.5, 0.6) is 0 Å². The maximum Gasteiger partial charge on any atom is 0.222 e. The molecule has 1 aromatic heterocycles. The molecule has 1 amide bonds. The van der Waals surface area contributed by atoms with Gasteiger partial charge in [-0.1, -0.05) is 13.8 Å². The number of rotatable bonds is 7. The van der Waals surface area contributed by atoms with Gasteiger partial charge in [-0.25, -0.2) is 0 Å². The van der Waals surface area contributed by atoms with Crippen molar-refractivity contribution in [2.75, 3.05) is 13.6 Å². The Morgan fingerprint density at radius 3 is 2.67 bits per heavy atom. The molecule has 100 valence electrons. The third kappa shape index (κ3) is 5.77. The zero-order valence-electron chi connectivity index (χ0n) is 11.5. The average Bonchev–Trinajstić information content (AvgIpc) is 2.35. The van der Waals surface area contributed by atoms with Crippen molar-refractivity contribution in [3.05, 3.63) is 30.1 Å². The number of nitrogens with zero attached hydrogens (tertiary/aromatic N) is 2. The Labute approximate surface area is 109 Å². The Balaban J connectivity index is 2.25. The lowest BCUT2D eigenvalue weighted by molar-refractivity contribution is -0.130. The summed E-state index contributed by atoms with van der Waals surface area (Å²) in [5, 5.41) is 3.31. The molecule has 0 unspecified atom stereocenters. The van der Waals surface area contributed by atoms with Crippen LogP contribution >= 0.6 is 0 Å². The molecule has 0 bridgehead atoms. The van der Waals surface area contributed by atoms with Crippen LogP contribution in [-0.4, -0.2) is 35.4 Å². The van der Waals surface area contributed by atoms with E-state index in [1.54, 1.807) is 17.3 Å². The molecular formula is C14H23N3O. The zero-order valence-corrected chi connectivity index (χ0v) is 11.5. The maximum atomic E-state index is 11.9. The van der Waals surface area contributed by atoms with Gasteiger partial charge in [0.1, 0.15) is 0 Å². The SMILES string of the molecule is CC(C)NCCCC(=O)N(C)Cc1ccncc1. The minimum atomic E-state index is 0.192. The number of aromatic nitrogens is 1. The average molecular weight is 249 g/mol. The quantitative estimate of drug-likeness (QED) is 0.750. The van der Waals surface area contributed by atoms with E-state index in [0.717, 1.165) is 18.5 Å². The fourth-order valence-electron chi connectivity index (χ4n) is 1.67. The van der Waals surface area contributed by atoms with E-state index in [0.29, 0.717) is 19.0 Å². The van der Waals surface area contributed by atoms with Crippen LogP contribution in [0.2, 0.25) is 0 Å². The molecule has 0 saturated heterocycles. The van der Waals surface area contributed by atoms with Crippen molar-refractivity contribution in [2.24, 2.45) is 0 Å². The number of hydrogen-bond acceptors (Lipinski definition) is 3. The Morgan fingerprint density at radius 1 is 1.39 bits per heavy atom. The first-order valence-electron chi connectivity index (χ1n) is 6.46. The van der Waals surface area contributed by atoms with Crippen molar-refractivity contribution >= 4 is 5.91 Å². The van der Waals surface area contributed by atoms with E-state index in [-0.39, 0.29) is 5.91 Å². The Hall–Kier alpha value is -1.42. The lowest BCUT2D eigenvalue weighted by Crippen LogP contribution is -2.28. The molecule has 0 atom stereocenters. The summed E-state index contributed by atoms with van der Waals surface area (Å²) >= 11 is 0. The molecule has 18 heavy (non-hydrogen) atoms. The molecule has 1 rings (SSSR count). The van der Waals surface area contributed by atoms with Gasteiger partial charge in [0.15, 0.2) is 0 Å². The van der Waals surface area contributed by atoms with Gasteiger partial charge in [0.05, 0.1) is 0 Å². The van der Waals surface area contributed by atoms with Crippen LogP contribution in [0.4, 0.5) is 0 Å². The normalized spacial score (nSPS) is 10.7. The summed E-state index contributed by atoms with van der Waals surface area (Å²) in [5.41, 5.74) is 1.11. The van der Waals surface area contributed by atoms with Crippen molar-refractivity contribution in [1.29, 1.82) is 0 Å². The molecule has 4 heteroatoms. The van der Waals surface area contributed by atoms with Gasteiger partial charge in [-0.15, -0.1) is 0 Å². The maximum absolute atomic E-state index is 11.9. The number of hydrogen-bond donors (Lipinski definition) is 1. The smallest absolute Gasteiger partial charge is 0.222 e. The van der Waals surface area contributed by atoms with Crippen molar-refractivity contribution in [2.45, 2.75) is 39.3 Å². The summed E-state index contributed by atoms with van der Waals surface area (Å²) in [6, 6.07) is 4.35. The van der Waals surface area contributed by atoms with Gasteiger partial charge in [0.25, 0.3) is 0 Å². The topological polar surface area (TPSA) is 45.2 Å². The van der Waals surface area contributed by atoms with Crippen molar-refractivity contribution < 1.29 is 4.79 Å². The van der Waals surface area contributed by atoms with Crippen LogP contribution < -0.4 is 5.32 Å². The third-order valence-electron chi connectivity index (χ3n) is 2.71. The number of pyridine rings is 1. The molecule has 1 aromatic rings. The molecule has 1 heterocycles. The summed E-state index contributed by atoms with van der Waals surface area (Å²) < 4.78 is 0. The summed E-state index contributed by atoms with van der Waals surface area (Å²) in [5.74, 6) is 0.192. The zero-order chi connectivity index (χ0) is 13.4. The molecule has 0 aromatic carbocycles. The lowest BCUT2D eigenvalue weighted by Gasteiger charge is -2.17. The number of nitrogens with one attached hydrogen (secondary N) is 1. The highest BCUT2D eigenvalue weighted by Crippen LogP contribution is 2.03. The first-order valence-corrected chi connectivity index (χ1v) is 6.46. The molecule has 0 spiro atoms. The van der Waals surface area contributed by atoms with Gasteiger partial charge in [0.2, 0.25) is 5.91 Å². The monoisotopic (exact) mass is 249 g/mol. The number of carbonyl (C=O) groups excluding carboxylic acids is 1. The second-order valence-corrected chi connectivity index (χ2v) is 4.82. The first kappa shape index (κ1) is 14.6. The molecule has 0 aliphatic heterocycles. The van der Waals surface area contributed by atoms with E-state index in [1.807, 2.05) is 19.2 Å². The first-order chi connectivity index (χ1) is 8.59. The van der Waals surface area contributed by atoms with E-state index in [1.165, 1.54) is 0 Å². The molecule has 0 saturated carbocycles. The number of carbonyl (C=O) groups is 1. The van der Waals surface area contributed by atoms with Crippen molar-refractivity contribution in [1.82, 2.24) is 15.2 Å². The van der Waals surface area contributed by atoms with E-state index < -0.39 is 0 Å². The Bertz CT molecular complexity index is 351. The largest absolute Gasteiger partial charge is 0.341 e. The highest BCUT2D eigenvalue weighted by atomic mass is 16.2. The fourth-order valence-corrected chi connectivity index (χ4v) is 1.67. The second kappa shape index (κ2) is 7.82. The van der Waals surface area contributed by atoms with E-state index >= 15 is 0 Å². The van der Waals surface area contributed by atoms with Gasteiger partial charge >= 0.3 is 0 Å². The van der Waals surface area contributed by atoms with Gasteiger partial charge in [0, 0.05) is 38.4 Å². The summed E-state index contributed by atoms with van der Waals surface area (Å²) in [4.78, 5) is 17.6. The summed E-state index contributed by atoms with van der Waals surface area (Å²) in [6.45, 7) is 5.76. The molecular weight excluding hydrogens is 226 g/mol. The van der Waals surface area contributed by atoms with Crippen molar-refractivity contribution in [3.63, 3.8) is 0 Å². The predicted octanol–water partition coefficient (Wildman–Crippen LogP) is 1.82. The lowest BCUT2D eigenvalue weighted by atomic mass is 10.2. The van der Waals surface area contributed by atoms with Crippen LogP contribution in [0, 0.1) is 0 Å². The summed E-state index contributed by atoms with van der Waals surface area (Å²) in [7, 11) is 1.85. The standard InChI is InChI=1S/C14H23N3O/c1-12(2)16-8-4-5-14(18)17(3)11-13-6-9-15-10-7-13/h6-7,9-10,12,16H,4-5,8,11H2,1-3H3. The van der Waals surface area contributed by atoms with E-state index in [4.69, 9.17) is 0 Å². The van der Waals surface area contributed by atoms with Crippen LogP contribution in [0.25, 0.3) is 0 Å². The van der Waals surface area contributed by atoms with Crippen LogP contribution in [0.15, 0.2) is 24.5 Å².